The molecule has 8 nitrogen and oxygen atoms in total. The molecule has 9 heteroatoms. The second-order valence-corrected chi connectivity index (χ2v) is 6.34. The van der Waals surface area contributed by atoms with Crippen molar-refractivity contribution in [2.45, 2.75) is 6.92 Å². The fourth-order valence-electron chi connectivity index (χ4n) is 2.74. The third kappa shape index (κ3) is 4.40. The average molecular weight is 393 g/mol. The Morgan fingerprint density at radius 3 is 2.52 bits per heavy atom. The standard InChI is InChI=1S/C18H21ClN4O4/c1-11-8-14(17(24)23-4-6-27-7-5-23)22-18(20-11)21-13-10-15(25-2)12(19)9-16(13)26-3/h8-10H,4-7H2,1-3H3,(H,20,21,22). The van der Waals surface area contributed by atoms with Crippen LogP contribution in [0.1, 0.15) is 16.2 Å². The Morgan fingerprint density at radius 2 is 1.85 bits per heavy atom. The van der Waals surface area contributed by atoms with Crippen LogP contribution in [0.3, 0.4) is 0 Å². The number of halogens is 1. The lowest BCUT2D eigenvalue weighted by molar-refractivity contribution is 0.0299. The van der Waals surface area contributed by atoms with Crippen LogP contribution in [0.2, 0.25) is 5.02 Å². The molecule has 0 bridgehead atoms. The van der Waals surface area contributed by atoms with E-state index in [1.54, 1.807) is 23.1 Å². The maximum atomic E-state index is 12.7. The number of hydrogen-bond donors (Lipinski definition) is 1. The Labute approximate surface area is 162 Å². The summed E-state index contributed by atoms with van der Waals surface area (Å²) in [7, 11) is 3.06. The molecule has 1 N–H and O–H groups in total. The minimum atomic E-state index is -0.146. The summed E-state index contributed by atoms with van der Waals surface area (Å²) in [4.78, 5) is 23.2. The zero-order chi connectivity index (χ0) is 19.4. The van der Waals surface area contributed by atoms with Crippen molar-refractivity contribution in [3.05, 3.63) is 34.6 Å². The molecule has 0 spiro atoms. The van der Waals surface area contributed by atoms with Crippen molar-refractivity contribution in [3.63, 3.8) is 0 Å². The summed E-state index contributed by atoms with van der Waals surface area (Å²) in [6.07, 6.45) is 0. The third-order valence-corrected chi connectivity index (χ3v) is 4.39. The molecular weight excluding hydrogens is 372 g/mol. The summed E-state index contributed by atoms with van der Waals surface area (Å²) in [6, 6.07) is 5.00. The molecule has 0 saturated carbocycles. The van der Waals surface area contributed by atoms with E-state index in [-0.39, 0.29) is 11.9 Å². The van der Waals surface area contributed by atoms with Crippen molar-refractivity contribution < 1.29 is 19.0 Å². The zero-order valence-corrected chi connectivity index (χ0v) is 16.2. The number of morpholine rings is 1. The summed E-state index contributed by atoms with van der Waals surface area (Å²) in [5, 5.41) is 3.51. The number of nitrogens with zero attached hydrogens (tertiary/aromatic N) is 3. The first-order valence-corrected chi connectivity index (χ1v) is 8.81. The van der Waals surface area contributed by atoms with Gasteiger partial charge in [0.1, 0.15) is 17.2 Å². The van der Waals surface area contributed by atoms with Gasteiger partial charge in [-0.2, -0.15) is 0 Å². The maximum Gasteiger partial charge on any atom is 0.272 e. The minimum absolute atomic E-state index is 0.146. The summed E-state index contributed by atoms with van der Waals surface area (Å²) in [5.41, 5.74) is 1.57. The van der Waals surface area contributed by atoms with Crippen molar-refractivity contribution in [3.8, 4) is 11.5 Å². The van der Waals surface area contributed by atoms with Gasteiger partial charge in [0.25, 0.3) is 5.91 Å². The summed E-state index contributed by atoms with van der Waals surface area (Å²) in [5.74, 6) is 1.13. The second-order valence-electron chi connectivity index (χ2n) is 5.93. The molecule has 0 aliphatic carbocycles. The molecule has 1 aliphatic heterocycles. The molecule has 144 valence electrons. The minimum Gasteiger partial charge on any atom is -0.495 e. The highest BCUT2D eigenvalue weighted by Crippen LogP contribution is 2.36. The van der Waals surface area contributed by atoms with E-state index in [4.69, 9.17) is 25.8 Å². The monoisotopic (exact) mass is 392 g/mol. The molecule has 1 fully saturated rings. The number of methoxy groups -OCH3 is 2. The molecule has 1 saturated heterocycles. The molecule has 2 heterocycles. The van der Waals surface area contributed by atoms with Gasteiger partial charge in [-0.15, -0.1) is 0 Å². The van der Waals surface area contributed by atoms with Gasteiger partial charge in [0.05, 0.1) is 38.1 Å². The highest BCUT2D eigenvalue weighted by Gasteiger charge is 2.21. The van der Waals surface area contributed by atoms with Crippen LogP contribution in [0.15, 0.2) is 18.2 Å². The zero-order valence-electron chi connectivity index (χ0n) is 15.4. The van der Waals surface area contributed by atoms with Gasteiger partial charge in [0.15, 0.2) is 0 Å². The molecule has 2 aromatic rings. The van der Waals surface area contributed by atoms with Crippen LogP contribution in [0.4, 0.5) is 11.6 Å². The largest absolute Gasteiger partial charge is 0.495 e. The summed E-state index contributed by atoms with van der Waals surface area (Å²) >= 11 is 6.14. The van der Waals surface area contributed by atoms with E-state index in [9.17, 15) is 4.79 Å². The smallest absolute Gasteiger partial charge is 0.272 e. The first-order valence-electron chi connectivity index (χ1n) is 8.43. The summed E-state index contributed by atoms with van der Waals surface area (Å²) < 4.78 is 15.9. The molecule has 3 rings (SSSR count). The van der Waals surface area contributed by atoms with Crippen LogP contribution in [0.5, 0.6) is 11.5 Å². The van der Waals surface area contributed by atoms with Crippen molar-refractivity contribution in [1.82, 2.24) is 14.9 Å². The highest BCUT2D eigenvalue weighted by atomic mass is 35.5. The fourth-order valence-corrected chi connectivity index (χ4v) is 2.97. The Bertz CT molecular complexity index is 840. The molecular formula is C18H21ClN4O4. The normalized spacial score (nSPS) is 14.0. The van der Waals surface area contributed by atoms with Crippen LogP contribution in [-0.4, -0.2) is 61.3 Å². The first-order chi connectivity index (χ1) is 13.0. The van der Waals surface area contributed by atoms with Crippen LogP contribution in [0.25, 0.3) is 0 Å². The fraction of sp³-hybridized carbons (Fsp3) is 0.389. The lowest BCUT2D eigenvalue weighted by Crippen LogP contribution is -2.41. The number of hydrogen-bond acceptors (Lipinski definition) is 7. The molecule has 0 atom stereocenters. The van der Waals surface area contributed by atoms with E-state index in [0.29, 0.717) is 59.9 Å². The Morgan fingerprint density at radius 1 is 1.15 bits per heavy atom. The van der Waals surface area contributed by atoms with E-state index in [0.717, 1.165) is 0 Å². The molecule has 1 amide bonds. The lowest BCUT2D eigenvalue weighted by Gasteiger charge is -2.26. The number of anilines is 2. The quantitative estimate of drug-likeness (QED) is 0.837. The summed E-state index contributed by atoms with van der Waals surface area (Å²) in [6.45, 7) is 3.97. The lowest BCUT2D eigenvalue weighted by atomic mass is 10.2. The van der Waals surface area contributed by atoms with Crippen LogP contribution in [0, 0.1) is 6.92 Å². The third-order valence-electron chi connectivity index (χ3n) is 4.09. The number of rotatable bonds is 5. The average Bonchev–Trinajstić information content (AvgIpc) is 2.68. The molecule has 0 unspecified atom stereocenters. The van der Waals surface area contributed by atoms with E-state index < -0.39 is 0 Å². The second kappa shape index (κ2) is 8.41. The van der Waals surface area contributed by atoms with E-state index in [1.807, 2.05) is 6.92 Å². The van der Waals surface area contributed by atoms with Crippen molar-refractivity contribution in [2.75, 3.05) is 45.8 Å². The Hall–Kier alpha value is -2.58. The van der Waals surface area contributed by atoms with Crippen molar-refractivity contribution >= 4 is 29.1 Å². The predicted molar refractivity (Wildman–Crippen MR) is 101 cm³/mol. The topological polar surface area (TPSA) is 85.8 Å². The van der Waals surface area contributed by atoms with Gasteiger partial charge in [-0.05, 0) is 13.0 Å². The van der Waals surface area contributed by atoms with Gasteiger partial charge in [0, 0.05) is 30.9 Å². The van der Waals surface area contributed by atoms with E-state index in [2.05, 4.69) is 15.3 Å². The Kier molecular flexibility index (Phi) is 5.98. The van der Waals surface area contributed by atoms with Crippen molar-refractivity contribution in [1.29, 1.82) is 0 Å². The van der Waals surface area contributed by atoms with Gasteiger partial charge < -0.3 is 24.4 Å². The molecule has 27 heavy (non-hydrogen) atoms. The number of ether oxygens (including phenoxy) is 3. The number of aryl methyl sites for hydroxylation is 1. The molecule has 0 radical (unpaired) electrons. The van der Waals surface area contributed by atoms with Gasteiger partial charge in [0.2, 0.25) is 5.95 Å². The van der Waals surface area contributed by atoms with Gasteiger partial charge in [-0.3, -0.25) is 4.79 Å². The van der Waals surface area contributed by atoms with E-state index in [1.165, 1.54) is 14.2 Å². The molecule has 1 aliphatic rings. The van der Waals surface area contributed by atoms with Gasteiger partial charge in [-0.25, -0.2) is 9.97 Å². The molecule has 1 aromatic carbocycles. The number of benzene rings is 1. The first kappa shape index (κ1) is 19.2. The van der Waals surface area contributed by atoms with E-state index >= 15 is 0 Å². The van der Waals surface area contributed by atoms with Crippen LogP contribution in [-0.2, 0) is 4.74 Å². The Balaban J connectivity index is 1.89. The van der Waals surface area contributed by atoms with Gasteiger partial charge >= 0.3 is 0 Å². The number of carbonyl (C=O) groups excluding carboxylic acids is 1. The number of aromatic nitrogens is 2. The SMILES string of the molecule is COc1cc(Nc2nc(C)cc(C(=O)N3CCOCC3)n2)c(OC)cc1Cl. The number of nitrogens with one attached hydrogen (secondary N) is 1. The van der Waals surface area contributed by atoms with Crippen LogP contribution >= 0.6 is 11.6 Å². The number of amides is 1. The maximum absolute atomic E-state index is 12.7. The number of carbonyl (C=O) groups is 1. The van der Waals surface area contributed by atoms with Crippen molar-refractivity contribution in [2.24, 2.45) is 0 Å². The molecule has 1 aromatic heterocycles. The highest BCUT2D eigenvalue weighted by molar-refractivity contribution is 6.32. The predicted octanol–water partition coefficient (Wildman–Crippen LogP) is 2.67. The van der Waals surface area contributed by atoms with Crippen LogP contribution < -0.4 is 14.8 Å². The van der Waals surface area contributed by atoms with Gasteiger partial charge in [-0.1, -0.05) is 11.6 Å².